The Kier molecular flexibility index (Phi) is 4.91. The fraction of sp³-hybridized carbons (Fsp3) is 0.296. The van der Waals surface area contributed by atoms with E-state index in [0.717, 1.165) is 22.6 Å². The molecule has 0 aliphatic heterocycles. The van der Waals surface area contributed by atoms with Crippen molar-refractivity contribution in [2.45, 2.75) is 45.6 Å². The van der Waals surface area contributed by atoms with Gasteiger partial charge in [0.05, 0.1) is 22.5 Å². The summed E-state index contributed by atoms with van der Waals surface area (Å²) in [7, 11) is 2.00. The second kappa shape index (κ2) is 8.01. The molecular weight excluding hydrogens is 438 g/mol. The van der Waals surface area contributed by atoms with E-state index in [1.165, 1.54) is 12.8 Å². The van der Waals surface area contributed by atoms with Gasteiger partial charge in [0.25, 0.3) is 0 Å². The van der Waals surface area contributed by atoms with Gasteiger partial charge in [0, 0.05) is 30.6 Å². The van der Waals surface area contributed by atoms with E-state index in [9.17, 15) is 4.79 Å². The fourth-order valence-corrected chi connectivity index (χ4v) is 4.71. The van der Waals surface area contributed by atoms with E-state index >= 15 is 0 Å². The number of rotatable bonds is 5. The van der Waals surface area contributed by atoms with Crippen LogP contribution in [0, 0.1) is 6.92 Å². The first kappa shape index (κ1) is 21.5. The predicted octanol–water partition coefficient (Wildman–Crippen LogP) is 4.81. The van der Waals surface area contributed by atoms with Crippen molar-refractivity contribution in [1.82, 2.24) is 33.9 Å². The van der Waals surface area contributed by atoms with E-state index in [4.69, 9.17) is 4.98 Å². The minimum Gasteiger partial charge on any atom is -0.329 e. The monoisotopic (exact) mass is 465 g/mol. The van der Waals surface area contributed by atoms with Gasteiger partial charge >= 0.3 is 0 Å². The highest BCUT2D eigenvalue weighted by atomic mass is 16.1. The molecule has 6 rings (SSSR count). The van der Waals surface area contributed by atoms with Gasteiger partial charge in [-0.3, -0.25) is 9.36 Å². The Labute approximate surface area is 202 Å². The molecule has 8 nitrogen and oxygen atoms in total. The van der Waals surface area contributed by atoms with Crippen LogP contribution in [0.25, 0.3) is 39.5 Å². The number of aromatic nitrogens is 7. The van der Waals surface area contributed by atoms with Crippen LogP contribution in [0.15, 0.2) is 60.0 Å². The first-order valence-electron chi connectivity index (χ1n) is 12.0. The van der Waals surface area contributed by atoms with Crippen LogP contribution in [0.4, 0.5) is 0 Å². The summed E-state index contributed by atoms with van der Waals surface area (Å²) >= 11 is 0. The summed E-state index contributed by atoms with van der Waals surface area (Å²) in [6, 6.07) is 11.8. The second-order valence-electron chi connectivity index (χ2n) is 9.65. The number of benzene rings is 1. The van der Waals surface area contributed by atoms with Crippen molar-refractivity contribution >= 4 is 10.9 Å². The van der Waals surface area contributed by atoms with Gasteiger partial charge in [-0.05, 0) is 63.4 Å². The lowest BCUT2D eigenvalue weighted by Gasteiger charge is -2.18. The topological polar surface area (TPSA) is 83.4 Å². The number of imidazole rings is 1. The van der Waals surface area contributed by atoms with Gasteiger partial charge in [0.1, 0.15) is 24.2 Å². The quantitative estimate of drug-likeness (QED) is 0.372. The molecule has 0 saturated heterocycles. The van der Waals surface area contributed by atoms with Gasteiger partial charge in [-0.2, -0.15) is 0 Å². The van der Waals surface area contributed by atoms with Crippen molar-refractivity contribution in [3.63, 3.8) is 0 Å². The lowest BCUT2D eigenvalue weighted by Crippen LogP contribution is -2.18. The summed E-state index contributed by atoms with van der Waals surface area (Å²) in [6.45, 7) is 6.19. The van der Waals surface area contributed by atoms with Crippen molar-refractivity contribution in [1.29, 1.82) is 0 Å². The molecule has 0 bridgehead atoms. The molecule has 0 unspecified atom stereocenters. The second-order valence-corrected chi connectivity index (χ2v) is 9.65. The molecule has 1 aliphatic carbocycles. The SMILES string of the molecule is Cc1ccc2c(=O)c(-c3cccc(-c4nncn4C(C)C)n3)c(-n3cnc(C4CC4)c3)n(C)c2c1. The number of fused-ring (bicyclic) bond motifs is 1. The largest absolute Gasteiger partial charge is 0.329 e. The summed E-state index contributed by atoms with van der Waals surface area (Å²) in [5.41, 5.74) is 4.82. The number of hydrogen-bond donors (Lipinski definition) is 0. The number of nitrogens with zero attached hydrogens (tertiary/aromatic N) is 7. The third-order valence-electron chi connectivity index (χ3n) is 6.73. The maximum atomic E-state index is 14.0. The predicted molar refractivity (Wildman–Crippen MR) is 136 cm³/mol. The van der Waals surface area contributed by atoms with Gasteiger partial charge in [0.2, 0.25) is 5.43 Å². The van der Waals surface area contributed by atoms with Crippen LogP contribution in [0.3, 0.4) is 0 Å². The Morgan fingerprint density at radius 2 is 1.86 bits per heavy atom. The minimum atomic E-state index is -0.0512. The van der Waals surface area contributed by atoms with E-state index in [1.54, 1.807) is 6.33 Å². The first-order valence-corrected chi connectivity index (χ1v) is 12.0. The molecule has 0 atom stereocenters. The van der Waals surface area contributed by atoms with Gasteiger partial charge in [-0.1, -0.05) is 12.1 Å². The van der Waals surface area contributed by atoms with Gasteiger partial charge in [-0.25, -0.2) is 9.97 Å². The molecule has 4 heterocycles. The zero-order valence-electron chi connectivity index (χ0n) is 20.3. The zero-order chi connectivity index (χ0) is 24.3. The fourth-order valence-electron chi connectivity index (χ4n) is 4.71. The molecule has 0 N–H and O–H groups in total. The summed E-state index contributed by atoms with van der Waals surface area (Å²) in [6.07, 6.45) is 7.91. The molecule has 0 spiro atoms. The molecule has 1 aliphatic rings. The maximum Gasteiger partial charge on any atom is 0.200 e. The number of hydrogen-bond acceptors (Lipinski definition) is 5. The summed E-state index contributed by atoms with van der Waals surface area (Å²) in [4.78, 5) is 23.6. The molecule has 8 heteroatoms. The van der Waals surface area contributed by atoms with E-state index in [0.29, 0.717) is 34.1 Å². The lowest BCUT2D eigenvalue weighted by molar-refractivity contribution is 0.603. The third kappa shape index (κ3) is 3.56. The average Bonchev–Trinajstić information content (AvgIpc) is 3.37. The molecule has 1 saturated carbocycles. The van der Waals surface area contributed by atoms with Crippen molar-refractivity contribution < 1.29 is 0 Å². The van der Waals surface area contributed by atoms with Crippen LogP contribution < -0.4 is 5.43 Å². The van der Waals surface area contributed by atoms with Crippen LogP contribution in [-0.2, 0) is 7.05 Å². The molecule has 0 amide bonds. The van der Waals surface area contributed by atoms with E-state index < -0.39 is 0 Å². The summed E-state index contributed by atoms with van der Waals surface area (Å²) in [5, 5.41) is 9.06. The number of pyridine rings is 2. The Balaban J connectivity index is 1.63. The Morgan fingerprint density at radius 1 is 1.06 bits per heavy atom. The molecule has 1 aromatic carbocycles. The van der Waals surface area contributed by atoms with Crippen molar-refractivity contribution in [3.8, 4) is 28.6 Å². The molecular formula is C27H27N7O. The van der Waals surface area contributed by atoms with Crippen molar-refractivity contribution in [2.75, 3.05) is 0 Å². The average molecular weight is 466 g/mol. The van der Waals surface area contributed by atoms with Crippen LogP contribution in [0.5, 0.6) is 0 Å². The standard InChI is InChI=1S/C27H27N7O/c1-16(2)34-15-29-31-26(34)21-7-5-6-20(30-21)24-25(35)19-11-8-17(3)12-23(19)32(4)27(24)33-13-22(28-14-33)18-9-10-18/h5-8,11-16,18H,9-10H2,1-4H3. The first-order chi connectivity index (χ1) is 16.9. The normalized spacial score (nSPS) is 13.7. The van der Waals surface area contributed by atoms with Crippen LogP contribution in [-0.4, -0.2) is 33.9 Å². The Morgan fingerprint density at radius 3 is 2.63 bits per heavy atom. The maximum absolute atomic E-state index is 14.0. The molecule has 0 radical (unpaired) electrons. The minimum absolute atomic E-state index is 0.0512. The highest BCUT2D eigenvalue weighted by Crippen LogP contribution is 2.39. The molecule has 5 aromatic rings. The Hall–Kier alpha value is -4.07. The smallest absolute Gasteiger partial charge is 0.200 e. The number of aryl methyl sites for hydroxylation is 2. The lowest BCUT2D eigenvalue weighted by atomic mass is 10.0. The van der Waals surface area contributed by atoms with E-state index in [1.807, 2.05) is 59.8 Å². The van der Waals surface area contributed by atoms with E-state index in [2.05, 4.69) is 45.9 Å². The van der Waals surface area contributed by atoms with Gasteiger partial charge < -0.3 is 9.13 Å². The van der Waals surface area contributed by atoms with E-state index in [-0.39, 0.29) is 11.5 Å². The highest BCUT2D eigenvalue weighted by molar-refractivity contribution is 5.88. The molecule has 4 aromatic heterocycles. The van der Waals surface area contributed by atoms with Gasteiger partial charge in [0.15, 0.2) is 5.82 Å². The zero-order valence-corrected chi connectivity index (χ0v) is 20.3. The van der Waals surface area contributed by atoms with Crippen LogP contribution in [0.1, 0.15) is 49.9 Å². The van der Waals surface area contributed by atoms with Crippen LogP contribution in [0.2, 0.25) is 0 Å². The van der Waals surface area contributed by atoms with Gasteiger partial charge in [-0.15, -0.1) is 10.2 Å². The molecule has 176 valence electrons. The summed E-state index contributed by atoms with van der Waals surface area (Å²) < 4.78 is 6.02. The third-order valence-corrected chi connectivity index (χ3v) is 6.73. The van der Waals surface area contributed by atoms with Crippen molar-refractivity contribution in [3.05, 3.63) is 76.7 Å². The Bertz CT molecular complexity index is 1640. The molecule has 35 heavy (non-hydrogen) atoms. The van der Waals surface area contributed by atoms with Crippen molar-refractivity contribution in [2.24, 2.45) is 7.05 Å². The molecule has 1 fully saturated rings. The highest BCUT2D eigenvalue weighted by Gasteiger charge is 2.27. The summed E-state index contributed by atoms with van der Waals surface area (Å²) in [5.74, 6) is 1.95. The van der Waals surface area contributed by atoms with Crippen LogP contribution >= 0.6 is 0 Å².